The summed E-state index contributed by atoms with van der Waals surface area (Å²) >= 11 is 0. The molecule has 0 radical (unpaired) electrons. The molecule has 1 heterocycles. The van der Waals surface area contributed by atoms with Gasteiger partial charge in [-0.3, -0.25) is 10.1 Å². The summed E-state index contributed by atoms with van der Waals surface area (Å²) in [5, 5.41) is 30.2. The second-order valence-corrected chi connectivity index (χ2v) is 4.36. The lowest BCUT2D eigenvalue weighted by molar-refractivity contribution is -0.383. The van der Waals surface area contributed by atoms with Gasteiger partial charge in [0.25, 0.3) is 5.69 Å². The summed E-state index contributed by atoms with van der Waals surface area (Å²) < 4.78 is 4.58. The molecule has 0 unspecified atom stereocenters. The maximum Gasteiger partial charge on any atom is 0.335 e. The number of carbonyl (C=O) groups is 1. The predicted octanol–water partition coefficient (Wildman–Crippen LogP) is 2.57. The van der Waals surface area contributed by atoms with Crippen LogP contribution in [0.2, 0.25) is 0 Å². The minimum atomic E-state index is -1.10. The van der Waals surface area contributed by atoms with E-state index in [0.29, 0.717) is 11.2 Å². The Morgan fingerprint density at radius 3 is 2.82 bits per heavy atom. The quantitative estimate of drug-likeness (QED) is 0.555. The van der Waals surface area contributed by atoms with Gasteiger partial charge in [-0.05, 0) is 34.6 Å². The highest BCUT2D eigenvalue weighted by Gasteiger charge is 2.20. The van der Waals surface area contributed by atoms with Crippen molar-refractivity contribution in [2.24, 2.45) is 0 Å². The van der Waals surface area contributed by atoms with Gasteiger partial charge in [0.1, 0.15) is 11.2 Å². The van der Waals surface area contributed by atoms with Gasteiger partial charge >= 0.3 is 5.97 Å². The second-order valence-electron chi connectivity index (χ2n) is 4.36. The SMILES string of the molecule is O=C(O)c1cccc(Nc2c([N+](=O)[O-])ccc3nonc23)c1. The van der Waals surface area contributed by atoms with Crippen LogP contribution < -0.4 is 5.32 Å². The Labute approximate surface area is 122 Å². The van der Waals surface area contributed by atoms with Crippen molar-refractivity contribution < 1.29 is 19.5 Å². The summed E-state index contributed by atoms with van der Waals surface area (Å²) in [6.07, 6.45) is 0. The molecule has 2 aromatic carbocycles. The Kier molecular flexibility index (Phi) is 3.14. The highest BCUT2D eigenvalue weighted by Crippen LogP contribution is 2.33. The molecule has 9 heteroatoms. The molecule has 0 saturated heterocycles. The molecular formula is C13H8N4O5. The lowest BCUT2D eigenvalue weighted by Crippen LogP contribution is -2.00. The van der Waals surface area contributed by atoms with Crippen LogP contribution in [0.3, 0.4) is 0 Å². The fourth-order valence-electron chi connectivity index (χ4n) is 1.99. The Hall–Kier alpha value is -3.49. The molecule has 0 aliphatic heterocycles. The van der Waals surface area contributed by atoms with E-state index in [1.807, 2.05) is 0 Å². The average molecular weight is 300 g/mol. The van der Waals surface area contributed by atoms with E-state index < -0.39 is 10.9 Å². The van der Waals surface area contributed by atoms with Crippen molar-refractivity contribution >= 4 is 34.1 Å². The number of nitro groups is 1. The van der Waals surface area contributed by atoms with Crippen LogP contribution in [0, 0.1) is 10.1 Å². The van der Waals surface area contributed by atoms with E-state index in [2.05, 4.69) is 20.3 Å². The van der Waals surface area contributed by atoms with Gasteiger partial charge in [0.15, 0.2) is 5.52 Å². The fourth-order valence-corrected chi connectivity index (χ4v) is 1.99. The van der Waals surface area contributed by atoms with Gasteiger partial charge in [-0.2, -0.15) is 0 Å². The normalized spacial score (nSPS) is 10.5. The van der Waals surface area contributed by atoms with Crippen molar-refractivity contribution in [3.8, 4) is 0 Å². The first kappa shape index (κ1) is 13.5. The standard InChI is InChI=1S/C13H8N4O5/c18-13(19)7-2-1-3-8(6-7)14-12-10(17(20)21)5-4-9-11(12)16-22-15-9/h1-6,14H,(H,18,19). The van der Waals surface area contributed by atoms with Crippen LogP contribution in [-0.2, 0) is 0 Å². The average Bonchev–Trinajstić information content (AvgIpc) is 2.96. The van der Waals surface area contributed by atoms with E-state index in [-0.39, 0.29) is 22.5 Å². The second kappa shape index (κ2) is 5.13. The van der Waals surface area contributed by atoms with Crippen LogP contribution in [-0.4, -0.2) is 26.3 Å². The number of carboxylic acid groups (broad SMARTS) is 1. The van der Waals surface area contributed by atoms with E-state index in [4.69, 9.17) is 5.11 Å². The number of nitrogens with zero attached hydrogens (tertiary/aromatic N) is 3. The van der Waals surface area contributed by atoms with Crippen LogP contribution in [0.15, 0.2) is 41.0 Å². The first-order valence-corrected chi connectivity index (χ1v) is 6.06. The zero-order valence-electron chi connectivity index (χ0n) is 10.9. The lowest BCUT2D eigenvalue weighted by Gasteiger charge is -2.07. The first-order chi connectivity index (χ1) is 10.6. The maximum atomic E-state index is 11.1. The van der Waals surface area contributed by atoms with Crippen molar-refractivity contribution in [3.63, 3.8) is 0 Å². The Morgan fingerprint density at radius 2 is 2.09 bits per heavy atom. The van der Waals surface area contributed by atoms with Crippen LogP contribution in [0.5, 0.6) is 0 Å². The van der Waals surface area contributed by atoms with Crippen molar-refractivity contribution in [3.05, 3.63) is 52.1 Å². The van der Waals surface area contributed by atoms with Crippen molar-refractivity contribution in [1.82, 2.24) is 10.3 Å². The van der Waals surface area contributed by atoms with E-state index in [0.717, 1.165) is 0 Å². The molecule has 0 saturated carbocycles. The largest absolute Gasteiger partial charge is 0.478 e. The third-order valence-electron chi connectivity index (χ3n) is 2.98. The molecule has 0 spiro atoms. The number of rotatable bonds is 4. The number of nitrogens with one attached hydrogen (secondary N) is 1. The number of anilines is 2. The number of hydrogen-bond acceptors (Lipinski definition) is 7. The number of fused-ring (bicyclic) bond motifs is 1. The summed E-state index contributed by atoms with van der Waals surface area (Å²) in [5.41, 5.74) is 0.837. The molecule has 2 N–H and O–H groups in total. The molecule has 9 nitrogen and oxygen atoms in total. The molecule has 22 heavy (non-hydrogen) atoms. The molecule has 0 aliphatic carbocycles. The highest BCUT2D eigenvalue weighted by molar-refractivity contribution is 5.95. The summed E-state index contributed by atoms with van der Waals surface area (Å²) in [7, 11) is 0. The van der Waals surface area contributed by atoms with Crippen LogP contribution in [0.4, 0.5) is 17.1 Å². The molecule has 3 rings (SSSR count). The third kappa shape index (κ3) is 2.30. The third-order valence-corrected chi connectivity index (χ3v) is 2.98. The van der Waals surface area contributed by atoms with Crippen molar-refractivity contribution in [1.29, 1.82) is 0 Å². The zero-order chi connectivity index (χ0) is 15.7. The maximum absolute atomic E-state index is 11.1. The number of carboxylic acids is 1. The fraction of sp³-hybridized carbons (Fsp3) is 0. The van der Waals surface area contributed by atoms with E-state index in [9.17, 15) is 14.9 Å². The highest BCUT2D eigenvalue weighted by atomic mass is 16.6. The minimum Gasteiger partial charge on any atom is -0.478 e. The van der Waals surface area contributed by atoms with Gasteiger partial charge in [0.05, 0.1) is 10.5 Å². The van der Waals surface area contributed by atoms with Crippen molar-refractivity contribution in [2.75, 3.05) is 5.32 Å². The number of aromatic carboxylic acids is 1. The van der Waals surface area contributed by atoms with E-state index in [1.54, 1.807) is 6.07 Å². The summed E-state index contributed by atoms with van der Waals surface area (Å²) in [5.74, 6) is -1.10. The summed E-state index contributed by atoms with van der Waals surface area (Å²) in [6.45, 7) is 0. The van der Waals surface area contributed by atoms with Crippen LogP contribution in [0.1, 0.15) is 10.4 Å². The number of aromatic nitrogens is 2. The number of nitro benzene ring substituents is 1. The first-order valence-electron chi connectivity index (χ1n) is 6.06. The number of benzene rings is 2. The molecule has 0 aliphatic rings. The molecule has 3 aromatic rings. The van der Waals surface area contributed by atoms with Gasteiger partial charge < -0.3 is 10.4 Å². The topological polar surface area (TPSA) is 131 Å². The Morgan fingerprint density at radius 1 is 1.27 bits per heavy atom. The zero-order valence-corrected chi connectivity index (χ0v) is 10.9. The molecule has 0 fully saturated rings. The predicted molar refractivity (Wildman–Crippen MR) is 75.1 cm³/mol. The van der Waals surface area contributed by atoms with E-state index in [1.165, 1.54) is 30.3 Å². The number of hydrogen-bond donors (Lipinski definition) is 2. The van der Waals surface area contributed by atoms with Gasteiger partial charge in [0, 0.05) is 11.8 Å². The summed E-state index contributed by atoms with van der Waals surface area (Å²) in [6, 6.07) is 8.58. The molecular weight excluding hydrogens is 292 g/mol. The van der Waals surface area contributed by atoms with Gasteiger partial charge in [0.2, 0.25) is 0 Å². The molecule has 0 atom stereocenters. The van der Waals surface area contributed by atoms with Gasteiger partial charge in [-0.25, -0.2) is 9.42 Å². The van der Waals surface area contributed by atoms with Gasteiger partial charge in [-0.15, -0.1) is 0 Å². The lowest BCUT2D eigenvalue weighted by atomic mass is 10.1. The minimum absolute atomic E-state index is 0.0538. The van der Waals surface area contributed by atoms with Gasteiger partial charge in [-0.1, -0.05) is 6.07 Å². The molecule has 1 aromatic heterocycles. The van der Waals surface area contributed by atoms with Crippen LogP contribution in [0.25, 0.3) is 11.0 Å². The Bertz CT molecular complexity index is 889. The Balaban J connectivity index is 2.11. The smallest absolute Gasteiger partial charge is 0.335 e. The molecule has 0 bridgehead atoms. The van der Waals surface area contributed by atoms with Crippen molar-refractivity contribution in [2.45, 2.75) is 0 Å². The molecule has 0 amide bonds. The van der Waals surface area contributed by atoms with E-state index >= 15 is 0 Å². The monoisotopic (exact) mass is 300 g/mol. The van der Waals surface area contributed by atoms with Crippen LogP contribution >= 0.6 is 0 Å². The summed E-state index contributed by atoms with van der Waals surface area (Å²) in [4.78, 5) is 21.6. The molecule has 110 valence electrons.